The molecule has 4 rings (SSSR count). The van der Waals surface area contributed by atoms with Crippen molar-refractivity contribution in [2.45, 2.75) is 44.9 Å². The Morgan fingerprint density at radius 2 is 2.00 bits per heavy atom. The Morgan fingerprint density at radius 3 is 2.93 bits per heavy atom. The van der Waals surface area contributed by atoms with Crippen LogP contribution in [-0.2, 0) is 6.54 Å². The van der Waals surface area contributed by atoms with Crippen molar-refractivity contribution >= 4 is 32.3 Å². The van der Waals surface area contributed by atoms with E-state index in [0.717, 1.165) is 36.9 Å². The average molecular weight is 392 g/mol. The topological polar surface area (TPSA) is 58.0 Å². The van der Waals surface area contributed by atoms with Crippen LogP contribution < -0.4 is 5.32 Å². The van der Waals surface area contributed by atoms with E-state index in [1.54, 1.807) is 11.3 Å². The van der Waals surface area contributed by atoms with Crippen LogP contribution in [0.1, 0.15) is 43.4 Å². The summed E-state index contributed by atoms with van der Waals surface area (Å²) in [5, 5.41) is 16.5. The highest BCUT2D eigenvalue weighted by molar-refractivity contribution is 7.16. The summed E-state index contributed by atoms with van der Waals surface area (Å²) in [6, 6.07) is 15.0. The number of benzene rings is 2. The Balaban J connectivity index is 1.24. The molecule has 2 atom stereocenters. The van der Waals surface area contributed by atoms with Crippen molar-refractivity contribution in [1.29, 1.82) is 0 Å². The van der Waals surface area contributed by atoms with E-state index in [-0.39, 0.29) is 0 Å². The summed E-state index contributed by atoms with van der Waals surface area (Å²) in [5.74, 6) is 0. The van der Waals surface area contributed by atoms with Crippen LogP contribution in [0.25, 0.3) is 21.0 Å². The van der Waals surface area contributed by atoms with Crippen LogP contribution in [0.5, 0.6) is 0 Å². The molecular weight excluding hydrogens is 366 g/mol. The molecule has 0 aliphatic rings. The Kier molecular flexibility index (Phi) is 5.95. The number of pyridine rings is 1. The lowest BCUT2D eigenvalue weighted by atomic mass is 10.0. The van der Waals surface area contributed by atoms with Crippen molar-refractivity contribution < 1.29 is 5.11 Å². The van der Waals surface area contributed by atoms with E-state index in [4.69, 9.17) is 0 Å². The van der Waals surface area contributed by atoms with Gasteiger partial charge in [0.1, 0.15) is 0 Å². The number of thiazole rings is 1. The number of aliphatic hydroxyl groups excluding tert-OH is 1. The molecule has 2 N–H and O–H groups in total. The summed E-state index contributed by atoms with van der Waals surface area (Å²) >= 11 is 1.63. The molecule has 0 bridgehead atoms. The molecule has 0 spiro atoms. The molecule has 4 nitrogen and oxygen atoms in total. The van der Waals surface area contributed by atoms with Gasteiger partial charge in [-0.1, -0.05) is 18.2 Å². The van der Waals surface area contributed by atoms with Gasteiger partial charge in [0.25, 0.3) is 0 Å². The largest absolute Gasteiger partial charge is 0.388 e. The first-order chi connectivity index (χ1) is 13.7. The molecule has 144 valence electrons. The first kappa shape index (κ1) is 19.0. The number of aliphatic hydroxyl groups is 1. The van der Waals surface area contributed by atoms with E-state index in [1.807, 2.05) is 36.1 Å². The smallest absolute Gasteiger partial charge is 0.0815 e. The maximum Gasteiger partial charge on any atom is 0.0815 e. The summed E-state index contributed by atoms with van der Waals surface area (Å²) in [6.45, 7) is 3.06. The molecule has 0 aliphatic carbocycles. The highest BCUT2D eigenvalue weighted by atomic mass is 32.1. The third-order valence-corrected chi connectivity index (χ3v) is 6.02. The lowest BCUT2D eigenvalue weighted by Gasteiger charge is -2.16. The summed E-state index contributed by atoms with van der Waals surface area (Å²) in [6.07, 6.45) is 6.09. The molecule has 0 saturated heterocycles. The first-order valence-corrected chi connectivity index (χ1v) is 10.6. The molecule has 2 aromatic carbocycles. The van der Waals surface area contributed by atoms with Crippen LogP contribution >= 0.6 is 11.3 Å². The highest BCUT2D eigenvalue weighted by Crippen LogP contribution is 2.25. The van der Waals surface area contributed by atoms with Gasteiger partial charge in [-0.15, -0.1) is 11.3 Å². The third kappa shape index (κ3) is 4.55. The molecule has 1 unspecified atom stereocenters. The fourth-order valence-corrected chi connectivity index (χ4v) is 4.16. The Hall–Kier alpha value is -2.34. The van der Waals surface area contributed by atoms with Crippen LogP contribution in [0.3, 0.4) is 0 Å². The zero-order valence-corrected chi connectivity index (χ0v) is 16.8. The average Bonchev–Trinajstić information content (AvgIpc) is 3.20. The van der Waals surface area contributed by atoms with Crippen LogP contribution in [0, 0.1) is 0 Å². The maximum atomic E-state index is 10.5. The molecule has 2 heterocycles. The molecule has 0 radical (unpaired) electrons. The van der Waals surface area contributed by atoms with Gasteiger partial charge in [-0.25, -0.2) is 4.98 Å². The second kappa shape index (κ2) is 8.78. The van der Waals surface area contributed by atoms with Gasteiger partial charge in [-0.05, 0) is 67.0 Å². The lowest BCUT2D eigenvalue weighted by Crippen LogP contribution is -2.25. The van der Waals surface area contributed by atoms with Crippen LogP contribution in [0.4, 0.5) is 0 Å². The summed E-state index contributed by atoms with van der Waals surface area (Å²) in [5.41, 5.74) is 5.07. The van der Waals surface area contributed by atoms with Crippen molar-refractivity contribution in [3.05, 3.63) is 71.5 Å². The predicted octanol–water partition coefficient (Wildman–Crippen LogP) is 5.23. The van der Waals surface area contributed by atoms with Crippen molar-refractivity contribution in [2.75, 3.05) is 0 Å². The number of rotatable bonds is 8. The zero-order chi connectivity index (χ0) is 19.3. The third-order valence-electron chi connectivity index (χ3n) is 5.21. The number of hydrogen-bond acceptors (Lipinski definition) is 5. The van der Waals surface area contributed by atoms with E-state index in [1.165, 1.54) is 21.0 Å². The minimum Gasteiger partial charge on any atom is -0.388 e. The second-order valence-corrected chi connectivity index (χ2v) is 8.25. The van der Waals surface area contributed by atoms with Crippen molar-refractivity contribution in [3.8, 4) is 0 Å². The van der Waals surface area contributed by atoms with Crippen molar-refractivity contribution in [1.82, 2.24) is 15.3 Å². The fourth-order valence-electron chi connectivity index (χ4n) is 3.50. The Morgan fingerprint density at radius 1 is 1.07 bits per heavy atom. The molecular formula is C23H25N3OS. The molecule has 28 heavy (non-hydrogen) atoms. The second-order valence-electron chi connectivity index (χ2n) is 7.37. The fraction of sp³-hybridized carbons (Fsp3) is 0.304. The van der Waals surface area contributed by atoms with E-state index < -0.39 is 6.10 Å². The lowest BCUT2D eigenvalue weighted by molar-refractivity contribution is 0.162. The Labute approximate surface area is 169 Å². The molecule has 0 fully saturated rings. The van der Waals surface area contributed by atoms with Gasteiger partial charge in [0, 0.05) is 30.4 Å². The highest BCUT2D eigenvalue weighted by Gasteiger charge is 2.10. The van der Waals surface area contributed by atoms with Gasteiger partial charge in [-0.2, -0.15) is 0 Å². The number of hydrogen-bond donors (Lipinski definition) is 2. The minimum atomic E-state index is -0.424. The number of nitrogens with zero attached hydrogens (tertiary/aromatic N) is 2. The number of aromatic nitrogens is 2. The number of nitrogens with one attached hydrogen (secondary N) is 1. The van der Waals surface area contributed by atoms with Gasteiger partial charge >= 0.3 is 0 Å². The summed E-state index contributed by atoms with van der Waals surface area (Å²) < 4.78 is 1.17. The summed E-state index contributed by atoms with van der Waals surface area (Å²) in [4.78, 5) is 8.50. The summed E-state index contributed by atoms with van der Waals surface area (Å²) in [7, 11) is 0. The van der Waals surface area contributed by atoms with E-state index >= 15 is 0 Å². The molecule has 0 amide bonds. The van der Waals surface area contributed by atoms with Crippen LogP contribution in [0.2, 0.25) is 0 Å². The molecule has 5 heteroatoms. The number of fused-ring (bicyclic) bond motifs is 2. The van der Waals surface area contributed by atoms with Crippen molar-refractivity contribution in [2.24, 2.45) is 0 Å². The maximum absolute atomic E-state index is 10.5. The van der Waals surface area contributed by atoms with Gasteiger partial charge in [-0.3, -0.25) is 4.98 Å². The van der Waals surface area contributed by atoms with E-state index in [0.29, 0.717) is 6.04 Å². The molecule has 2 aromatic heterocycles. The van der Waals surface area contributed by atoms with Crippen LogP contribution in [0.15, 0.2) is 60.4 Å². The van der Waals surface area contributed by atoms with E-state index in [9.17, 15) is 5.11 Å². The van der Waals surface area contributed by atoms with Crippen LogP contribution in [-0.4, -0.2) is 21.1 Å². The standard InChI is InChI=1S/C23H25N3OS/c1-16(25-13-17-5-6-20-14-24-10-9-18(20)11-17)3-2-4-22(27)19-7-8-23-21(12-19)26-15-28-23/h5-12,14-16,22,25,27H,2-4,13H2,1H3/t16-,22?/m1/s1. The molecule has 0 aliphatic heterocycles. The monoisotopic (exact) mass is 391 g/mol. The van der Waals surface area contributed by atoms with Gasteiger partial charge < -0.3 is 10.4 Å². The minimum absolute atomic E-state index is 0.404. The molecule has 4 aromatic rings. The zero-order valence-electron chi connectivity index (χ0n) is 16.0. The quantitative estimate of drug-likeness (QED) is 0.432. The normalized spacial score (nSPS) is 13.8. The SMILES string of the molecule is C[C@H](CCCC(O)c1ccc2scnc2c1)NCc1ccc2cnccc2c1. The van der Waals surface area contributed by atoms with Gasteiger partial charge in [0.15, 0.2) is 0 Å². The first-order valence-electron chi connectivity index (χ1n) is 9.76. The molecule has 0 saturated carbocycles. The predicted molar refractivity (Wildman–Crippen MR) is 116 cm³/mol. The Bertz CT molecular complexity index is 1060. The van der Waals surface area contributed by atoms with E-state index in [2.05, 4.69) is 46.5 Å². The van der Waals surface area contributed by atoms with Gasteiger partial charge in [0.2, 0.25) is 0 Å². The van der Waals surface area contributed by atoms with Gasteiger partial charge in [0.05, 0.1) is 21.8 Å². The van der Waals surface area contributed by atoms with Crippen molar-refractivity contribution in [3.63, 3.8) is 0 Å².